The molecule has 1 N–H and O–H groups in total. The summed E-state index contributed by atoms with van der Waals surface area (Å²) in [4.78, 5) is 16.9. The van der Waals surface area contributed by atoms with Crippen LogP contribution >= 0.6 is 0 Å². The molecule has 0 unspecified atom stereocenters. The van der Waals surface area contributed by atoms with E-state index < -0.39 is 11.6 Å². The number of nitrogens with zero attached hydrogens (tertiary/aromatic N) is 1. The van der Waals surface area contributed by atoms with E-state index in [2.05, 4.69) is 84.9 Å². The number of ketones is 1. The van der Waals surface area contributed by atoms with Crippen LogP contribution in [0, 0.1) is 23.3 Å². The van der Waals surface area contributed by atoms with Crippen molar-refractivity contribution in [3.05, 3.63) is 113 Å². The van der Waals surface area contributed by atoms with E-state index in [1.807, 2.05) is 70.2 Å². The molecule has 0 atom stereocenters. The third kappa shape index (κ3) is 11.3. The van der Waals surface area contributed by atoms with Crippen LogP contribution in [-0.4, -0.2) is 22.1 Å². The largest absolute Gasteiger partial charge is 0.512 e. The van der Waals surface area contributed by atoms with E-state index >= 15 is 0 Å². The van der Waals surface area contributed by atoms with Crippen molar-refractivity contribution in [1.29, 1.82) is 0 Å². The quantitative estimate of drug-likeness (QED) is 0.0711. The van der Waals surface area contributed by atoms with E-state index in [-0.39, 0.29) is 67.2 Å². The predicted octanol–water partition coefficient (Wildman–Crippen LogP) is 16.8. The van der Waals surface area contributed by atoms with E-state index in [1.54, 1.807) is 0 Å². The number of carbonyl (C=O) groups is 1. The number of aliphatic hydroxyl groups is 1. The molecule has 63 heavy (non-hydrogen) atoms. The van der Waals surface area contributed by atoms with Crippen LogP contribution in [0.5, 0.6) is 0 Å². The Kier molecular flexibility index (Phi) is 16.9. The molecule has 0 bridgehead atoms. The van der Waals surface area contributed by atoms with Crippen LogP contribution in [0.3, 0.4) is 0 Å². The minimum atomic E-state index is -4.31. The van der Waals surface area contributed by atoms with Crippen LogP contribution in [0.15, 0.2) is 89.0 Å². The maximum absolute atomic E-state index is 14.0. The first-order valence-electron chi connectivity index (χ1n) is 22.5. The number of alkyl halides is 3. The molecule has 2 aromatic heterocycles. The van der Waals surface area contributed by atoms with Crippen molar-refractivity contribution in [2.75, 3.05) is 0 Å². The summed E-state index contributed by atoms with van der Waals surface area (Å²) in [5.74, 6) is 1.36. The molecule has 4 aromatic carbocycles. The van der Waals surface area contributed by atoms with Crippen LogP contribution in [0.4, 0.5) is 13.2 Å². The molecule has 2 heterocycles. The molecule has 0 fully saturated rings. The number of furan rings is 1. The Hall–Kier alpha value is -4.26. The number of aliphatic hydroxyl groups excluding tert-OH is 1. The van der Waals surface area contributed by atoms with Gasteiger partial charge in [0, 0.05) is 60.0 Å². The van der Waals surface area contributed by atoms with Crippen LogP contribution in [0.2, 0.25) is 0 Å². The van der Waals surface area contributed by atoms with Crippen molar-refractivity contribution in [1.82, 2.24) is 4.98 Å². The Morgan fingerprint density at radius 3 is 1.83 bits per heavy atom. The fourth-order valence-corrected chi connectivity index (χ4v) is 8.46. The summed E-state index contributed by atoms with van der Waals surface area (Å²) in [5.41, 5.74) is 6.12. The van der Waals surface area contributed by atoms with Gasteiger partial charge in [-0.05, 0) is 84.2 Å². The van der Waals surface area contributed by atoms with Gasteiger partial charge >= 0.3 is 6.18 Å². The van der Waals surface area contributed by atoms with Gasteiger partial charge in [-0.25, -0.2) is 0 Å². The van der Waals surface area contributed by atoms with Crippen LogP contribution in [0.1, 0.15) is 150 Å². The average Bonchev–Trinajstić information content (AvgIpc) is 3.65. The Balaban J connectivity index is 0.000000467. The van der Waals surface area contributed by atoms with E-state index in [0.717, 1.165) is 80.9 Å². The topological polar surface area (TPSA) is 63.3 Å². The summed E-state index contributed by atoms with van der Waals surface area (Å²) in [5, 5.41) is 13.8. The third-order valence-corrected chi connectivity index (χ3v) is 12.5. The van der Waals surface area contributed by atoms with Crippen molar-refractivity contribution in [3.63, 3.8) is 0 Å². The SMILES string of the molecule is CC(C)c1cc(CC(C)(C)C(F)(F)F)cc(C(C)C)c1-c1cc2c(-c3[c-]c4ccccc4c(C(C)(C)C)c3)nc3ccccc3c2o1.CCC(CC)C(=O)/C=C(\O)C(CC)CC.[Ir]. The van der Waals surface area contributed by atoms with E-state index in [9.17, 15) is 23.1 Å². The molecule has 341 valence electrons. The fourth-order valence-electron chi connectivity index (χ4n) is 8.46. The zero-order chi connectivity index (χ0) is 45.9. The smallest absolute Gasteiger partial charge is 0.394 e. The van der Waals surface area contributed by atoms with E-state index in [1.165, 1.54) is 30.9 Å². The second-order valence-electron chi connectivity index (χ2n) is 19.2. The second kappa shape index (κ2) is 20.7. The van der Waals surface area contributed by atoms with Gasteiger partial charge in [0.1, 0.15) is 11.3 Å². The number of benzene rings is 4. The first-order chi connectivity index (χ1) is 29.1. The van der Waals surface area contributed by atoms with Crippen LogP contribution < -0.4 is 0 Å². The predicted molar refractivity (Wildman–Crippen MR) is 253 cm³/mol. The zero-order valence-corrected chi connectivity index (χ0v) is 41.9. The monoisotopic (exact) mass is 1040 g/mol. The number of hydrogen-bond donors (Lipinski definition) is 1. The molecule has 0 aliphatic carbocycles. The third-order valence-electron chi connectivity index (χ3n) is 12.5. The molecule has 6 rings (SSSR count). The number of aromatic nitrogens is 1. The molecular weight excluding hydrogens is 972 g/mol. The number of pyridine rings is 1. The van der Waals surface area contributed by atoms with Crippen molar-refractivity contribution < 1.29 is 47.6 Å². The van der Waals surface area contributed by atoms with Crippen molar-refractivity contribution in [2.24, 2.45) is 17.3 Å². The van der Waals surface area contributed by atoms with E-state index in [4.69, 9.17) is 9.40 Å². The average molecular weight is 1040 g/mol. The van der Waals surface area contributed by atoms with Gasteiger partial charge in [-0.2, -0.15) is 13.2 Å². The molecule has 0 saturated heterocycles. The summed E-state index contributed by atoms with van der Waals surface area (Å²) in [6.07, 6.45) is 0.504. The van der Waals surface area contributed by atoms with Gasteiger partial charge in [0.15, 0.2) is 5.78 Å². The van der Waals surface area contributed by atoms with Gasteiger partial charge in [-0.1, -0.05) is 143 Å². The number of allylic oxidation sites excluding steroid dienone is 2. The molecular formula is C55H67F3IrNO3-. The molecule has 0 aliphatic rings. The summed E-state index contributed by atoms with van der Waals surface area (Å²) in [6.45, 7) is 25.6. The van der Waals surface area contributed by atoms with Crippen LogP contribution in [0.25, 0.3) is 55.2 Å². The number of halogens is 3. The molecule has 6 aromatic rings. The molecule has 4 nitrogen and oxygen atoms in total. The Labute approximate surface area is 387 Å². The van der Waals surface area contributed by atoms with Gasteiger partial charge in [-0.15, -0.1) is 29.1 Å². The zero-order valence-electron chi connectivity index (χ0n) is 39.5. The summed E-state index contributed by atoms with van der Waals surface area (Å²) in [7, 11) is 0. The standard InChI is InChI=1S/C42H43F3NO.C13H24O2.Ir/c1-24(2)31-18-26(23-41(8,9)42(43,44)45)19-32(25(3)4)37(31)36-22-33-38(46-35-17-13-12-16-30(35)39(33)47-36)28-20-27-14-10-11-15-29(27)34(21-28)40(5,6)7;1-5-10(6-2)12(14)9-13(15)11(7-3)8-4;/h10-19,21-22,24-25H,23H2,1-9H3;9-11,14H,5-8H2,1-4H3;/q-1;;/b;12-9-;. The van der Waals surface area contributed by atoms with Gasteiger partial charge in [0.25, 0.3) is 0 Å². The van der Waals surface area contributed by atoms with E-state index in [0.29, 0.717) is 11.3 Å². The maximum atomic E-state index is 14.0. The first-order valence-corrected chi connectivity index (χ1v) is 22.5. The molecule has 0 aliphatic heterocycles. The first kappa shape index (κ1) is 51.4. The number of rotatable bonds is 13. The number of fused-ring (bicyclic) bond motifs is 4. The fraction of sp³-hybridized carbons (Fsp3) is 0.455. The maximum Gasteiger partial charge on any atom is 0.394 e. The Bertz CT molecular complexity index is 2520. The van der Waals surface area contributed by atoms with Gasteiger partial charge in [0.05, 0.1) is 16.7 Å². The number of carbonyl (C=O) groups excluding carboxylic acids is 1. The normalized spacial score (nSPS) is 12.8. The van der Waals surface area contributed by atoms with Crippen molar-refractivity contribution in [3.8, 4) is 22.6 Å². The molecule has 0 amide bonds. The molecule has 1 radical (unpaired) electrons. The van der Waals surface area contributed by atoms with Gasteiger partial charge < -0.3 is 9.52 Å². The van der Waals surface area contributed by atoms with Crippen molar-refractivity contribution >= 4 is 38.4 Å². The minimum absolute atomic E-state index is 0. The molecule has 0 saturated carbocycles. The van der Waals surface area contributed by atoms with Gasteiger partial charge in [0.2, 0.25) is 0 Å². The minimum Gasteiger partial charge on any atom is -0.512 e. The van der Waals surface area contributed by atoms with Gasteiger partial charge in [-0.3, -0.25) is 9.78 Å². The molecule has 8 heteroatoms. The Morgan fingerprint density at radius 1 is 0.762 bits per heavy atom. The number of hydrogen-bond acceptors (Lipinski definition) is 4. The number of para-hydroxylation sites is 1. The Morgan fingerprint density at radius 2 is 1.30 bits per heavy atom. The summed E-state index contributed by atoms with van der Waals surface area (Å²) in [6, 6.07) is 28.2. The summed E-state index contributed by atoms with van der Waals surface area (Å²) >= 11 is 0. The summed E-state index contributed by atoms with van der Waals surface area (Å²) < 4.78 is 48.7. The second-order valence-corrected chi connectivity index (χ2v) is 19.2. The van der Waals surface area contributed by atoms with Crippen LogP contribution in [-0.2, 0) is 36.7 Å². The van der Waals surface area contributed by atoms with Crippen molar-refractivity contribution in [2.45, 2.75) is 146 Å². The molecule has 0 spiro atoms.